The van der Waals surface area contributed by atoms with Crippen LogP contribution in [0.2, 0.25) is 0 Å². The molecule has 0 unspecified atom stereocenters. The van der Waals surface area contributed by atoms with Gasteiger partial charge >= 0.3 is 0 Å². The van der Waals surface area contributed by atoms with Crippen molar-refractivity contribution in [2.75, 3.05) is 36.8 Å². The predicted molar refractivity (Wildman–Crippen MR) is 95.3 cm³/mol. The van der Waals surface area contributed by atoms with Crippen molar-refractivity contribution in [2.24, 2.45) is 0 Å². The van der Waals surface area contributed by atoms with Crippen LogP contribution in [0.25, 0.3) is 0 Å². The molecule has 0 spiro atoms. The summed E-state index contributed by atoms with van der Waals surface area (Å²) in [6, 6.07) is 10.5. The highest BCUT2D eigenvalue weighted by Crippen LogP contribution is 2.24. The van der Waals surface area contributed by atoms with Crippen LogP contribution in [0.3, 0.4) is 0 Å². The molecule has 2 heterocycles. The molecule has 1 saturated heterocycles. The van der Waals surface area contributed by atoms with E-state index in [2.05, 4.69) is 60.0 Å². The second kappa shape index (κ2) is 7.06. The molecule has 1 aliphatic heterocycles. The Bertz CT molecular complexity index is 682. The molecule has 1 fully saturated rings. The van der Waals surface area contributed by atoms with E-state index in [1.807, 2.05) is 6.07 Å². The molecule has 23 heavy (non-hydrogen) atoms. The molecular formula is C16H20BrN6+. The van der Waals surface area contributed by atoms with E-state index in [0.717, 1.165) is 38.5 Å². The van der Waals surface area contributed by atoms with E-state index < -0.39 is 0 Å². The first-order valence-corrected chi connectivity index (χ1v) is 8.34. The Kier molecular flexibility index (Phi) is 4.88. The summed E-state index contributed by atoms with van der Waals surface area (Å²) in [6.45, 7) is 4.69. The minimum absolute atomic E-state index is 0.399. The number of nitrogen functional groups attached to an aromatic ring is 1. The first-order valence-electron chi connectivity index (χ1n) is 7.55. The molecule has 3 rings (SSSR count). The lowest BCUT2D eigenvalue weighted by molar-refractivity contribution is -0.106. The molecular weight excluding hydrogens is 356 g/mol. The molecule has 120 valence electrons. The third-order valence-electron chi connectivity index (χ3n) is 4.02. The van der Waals surface area contributed by atoms with Crippen LogP contribution in [0.4, 0.5) is 11.6 Å². The van der Waals surface area contributed by atoms with Crippen molar-refractivity contribution >= 4 is 32.2 Å². The van der Waals surface area contributed by atoms with Gasteiger partial charge in [-0.05, 0) is 5.56 Å². The average Bonchev–Trinajstić information content (AvgIpc) is 2.56. The van der Waals surface area contributed by atoms with Gasteiger partial charge in [0, 0.05) is 48.7 Å². The molecule has 0 saturated carbocycles. The molecule has 0 aliphatic carbocycles. The first-order chi connectivity index (χ1) is 11.1. The Balaban J connectivity index is 1.68. The van der Waals surface area contributed by atoms with Gasteiger partial charge in [0.15, 0.2) is 0 Å². The number of benzene rings is 1. The molecule has 1 aromatic carbocycles. The van der Waals surface area contributed by atoms with Gasteiger partial charge in [-0.1, -0.05) is 30.3 Å². The molecule has 6 nitrogen and oxygen atoms in total. The number of hydrogen-bond donors (Lipinski definition) is 2. The van der Waals surface area contributed by atoms with Crippen LogP contribution in [0.5, 0.6) is 0 Å². The van der Waals surface area contributed by atoms with Crippen molar-refractivity contribution in [3.8, 4) is 0 Å². The molecule has 0 radical (unpaired) electrons. The van der Waals surface area contributed by atoms with Crippen LogP contribution < -0.4 is 16.0 Å². The van der Waals surface area contributed by atoms with Crippen molar-refractivity contribution in [1.82, 2.24) is 14.9 Å². The van der Waals surface area contributed by atoms with Gasteiger partial charge in [0.25, 0.3) is 4.62 Å². The number of aromatic nitrogens is 2. The fraction of sp³-hybridized carbons (Fsp3) is 0.312. The van der Waals surface area contributed by atoms with Crippen LogP contribution in [-0.4, -0.2) is 45.7 Å². The average molecular weight is 376 g/mol. The van der Waals surface area contributed by atoms with E-state index in [1.165, 1.54) is 11.9 Å². The predicted octanol–water partition coefficient (Wildman–Crippen LogP) is 0.282. The van der Waals surface area contributed by atoms with Gasteiger partial charge in [-0.3, -0.25) is 4.90 Å². The summed E-state index contributed by atoms with van der Waals surface area (Å²) in [5.41, 5.74) is 7.96. The normalized spacial score (nSPS) is 15.6. The van der Waals surface area contributed by atoms with Crippen LogP contribution in [0.1, 0.15) is 11.1 Å². The Morgan fingerprint density at radius 3 is 2.48 bits per heavy atom. The minimum atomic E-state index is 0.399. The summed E-state index contributed by atoms with van der Waals surface area (Å²) >= 11 is 3.30. The second-order valence-corrected chi connectivity index (χ2v) is 6.41. The molecule has 4 N–H and O–H groups in total. The van der Waals surface area contributed by atoms with Crippen molar-refractivity contribution in [2.45, 2.75) is 6.54 Å². The third kappa shape index (κ3) is 3.68. The zero-order chi connectivity index (χ0) is 16.2. The quantitative estimate of drug-likeness (QED) is 0.749. The molecule has 7 heteroatoms. The van der Waals surface area contributed by atoms with E-state index in [4.69, 9.17) is 11.1 Å². The molecule has 0 amide bonds. The third-order valence-corrected chi connectivity index (χ3v) is 4.41. The van der Waals surface area contributed by atoms with Crippen molar-refractivity contribution in [3.63, 3.8) is 0 Å². The monoisotopic (exact) mass is 375 g/mol. The Morgan fingerprint density at radius 1 is 1.13 bits per heavy atom. The van der Waals surface area contributed by atoms with Gasteiger partial charge in [0.2, 0.25) is 0 Å². The summed E-state index contributed by atoms with van der Waals surface area (Å²) < 4.78 is 0.470. The number of rotatable bonds is 4. The summed E-state index contributed by atoms with van der Waals surface area (Å²) in [7, 11) is 0. The Labute approximate surface area is 144 Å². The van der Waals surface area contributed by atoms with E-state index >= 15 is 0 Å². The fourth-order valence-corrected chi connectivity index (χ4v) is 3.20. The summed E-state index contributed by atoms with van der Waals surface area (Å²) in [6.07, 6.45) is 1.49. The lowest BCUT2D eigenvalue weighted by atomic mass is 10.2. The van der Waals surface area contributed by atoms with Crippen LogP contribution in [-0.2, 0) is 6.54 Å². The zero-order valence-electron chi connectivity index (χ0n) is 12.8. The molecule has 1 aromatic heterocycles. The standard InChI is InChI=1S/C16H19BrN6/c17-14(18)13-15(19)20-11-21-16(13)23-8-6-22(7-9-23)10-12-4-2-1-3-5-12/h1-5,11,18H,6-10H2,(H2,19,20,21)/p+1. The van der Waals surface area contributed by atoms with Crippen molar-refractivity contribution in [1.29, 1.82) is 0 Å². The number of piperazine rings is 1. The number of nitrogens with two attached hydrogens (primary N) is 2. The van der Waals surface area contributed by atoms with Crippen LogP contribution in [0.15, 0.2) is 36.7 Å². The highest BCUT2D eigenvalue weighted by molar-refractivity contribution is 9.18. The van der Waals surface area contributed by atoms with Crippen LogP contribution in [0, 0.1) is 0 Å². The van der Waals surface area contributed by atoms with E-state index in [0.29, 0.717) is 16.0 Å². The number of anilines is 2. The molecule has 0 bridgehead atoms. The van der Waals surface area contributed by atoms with Gasteiger partial charge in [-0.25, -0.2) is 15.4 Å². The number of halogens is 1. The fourth-order valence-electron chi connectivity index (χ4n) is 2.82. The van der Waals surface area contributed by atoms with Gasteiger partial charge < -0.3 is 10.6 Å². The van der Waals surface area contributed by atoms with E-state index in [-0.39, 0.29) is 0 Å². The zero-order valence-corrected chi connectivity index (χ0v) is 14.4. The van der Waals surface area contributed by atoms with Gasteiger partial charge in [-0.2, -0.15) is 0 Å². The van der Waals surface area contributed by atoms with Gasteiger partial charge in [0.1, 0.15) is 23.5 Å². The molecule has 1 aliphatic rings. The maximum atomic E-state index is 5.94. The van der Waals surface area contributed by atoms with E-state index in [1.54, 1.807) is 0 Å². The summed E-state index contributed by atoms with van der Waals surface area (Å²) in [4.78, 5) is 13.1. The smallest absolute Gasteiger partial charge is 0.254 e. The minimum Gasteiger partial charge on any atom is -0.383 e. The maximum Gasteiger partial charge on any atom is 0.254 e. The molecule has 0 atom stereocenters. The SMILES string of the molecule is Nc1ncnc(N2CCN(Cc3ccccc3)CC2)c1C(=[NH2+])Br. The summed E-state index contributed by atoms with van der Waals surface area (Å²) in [5, 5.41) is 5.89. The largest absolute Gasteiger partial charge is 0.383 e. The van der Waals surface area contributed by atoms with Gasteiger partial charge in [-0.15, -0.1) is 0 Å². The highest BCUT2D eigenvalue weighted by Gasteiger charge is 2.24. The highest BCUT2D eigenvalue weighted by atomic mass is 79.9. The lowest BCUT2D eigenvalue weighted by Crippen LogP contribution is -2.47. The van der Waals surface area contributed by atoms with Gasteiger partial charge in [0.05, 0.1) is 0 Å². The molecule has 2 aromatic rings. The number of nitrogens with zero attached hydrogens (tertiary/aromatic N) is 4. The number of hydrogen-bond acceptors (Lipinski definition) is 5. The Morgan fingerprint density at radius 2 is 1.83 bits per heavy atom. The maximum absolute atomic E-state index is 5.94. The van der Waals surface area contributed by atoms with E-state index in [9.17, 15) is 0 Å². The lowest BCUT2D eigenvalue weighted by Gasteiger charge is -2.35. The topological polar surface area (TPSA) is 83.9 Å². The first kappa shape index (κ1) is 15.9. The van der Waals surface area contributed by atoms with Crippen molar-refractivity contribution in [3.05, 3.63) is 47.8 Å². The summed E-state index contributed by atoms with van der Waals surface area (Å²) in [5.74, 6) is 1.20. The van der Waals surface area contributed by atoms with Crippen LogP contribution >= 0.6 is 15.9 Å². The van der Waals surface area contributed by atoms with Crippen molar-refractivity contribution < 1.29 is 5.41 Å². The second-order valence-electron chi connectivity index (χ2n) is 5.55. The Hall–Kier alpha value is -1.99.